The Bertz CT molecular complexity index is 552. The average Bonchev–Trinajstić information content (AvgIpc) is 2.73. The Morgan fingerprint density at radius 1 is 1.24 bits per heavy atom. The van der Waals surface area contributed by atoms with Crippen LogP contribution in [-0.2, 0) is 6.42 Å². The normalized spacial score (nSPS) is 10.5. The van der Waals surface area contributed by atoms with Crippen molar-refractivity contribution in [1.29, 1.82) is 0 Å². The SMILES string of the molecule is Cc1cccc(Cc2ccc(C(=O)O)o2)c1C. The minimum atomic E-state index is -1.03. The summed E-state index contributed by atoms with van der Waals surface area (Å²) in [5.41, 5.74) is 3.62. The lowest BCUT2D eigenvalue weighted by Crippen LogP contribution is -1.94. The summed E-state index contributed by atoms with van der Waals surface area (Å²) < 4.78 is 5.24. The van der Waals surface area contributed by atoms with Crippen LogP contribution in [0.5, 0.6) is 0 Å². The molecule has 1 heterocycles. The Balaban J connectivity index is 2.25. The Kier molecular flexibility index (Phi) is 3.00. The number of hydrogen-bond donors (Lipinski definition) is 1. The first kappa shape index (κ1) is 11.5. The number of benzene rings is 1. The zero-order valence-corrected chi connectivity index (χ0v) is 9.86. The van der Waals surface area contributed by atoms with E-state index in [1.165, 1.54) is 17.2 Å². The van der Waals surface area contributed by atoms with E-state index in [-0.39, 0.29) is 5.76 Å². The maximum Gasteiger partial charge on any atom is 0.371 e. The van der Waals surface area contributed by atoms with Crippen LogP contribution >= 0.6 is 0 Å². The molecule has 1 N–H and O–H groups in total. The summed E-state index contributed by atoms with van der Waals surface area (Å²) in [4.78, 5) is 10.7. The first-order valence-electron chi connectivity index (χ1n) is 5.45. The van der Waals surface area contributed by atoms with Crippen molar-refractivity contribution >= 4 is 5.97 Å². The van der Waals surface area contributed by atoms with E-state index in [4.69, 9.17) is 9.52 Å². The lowest BCUT2D eigenvalue weighted by atomic mass is 10.0. The van der Waals surface area contributed by atoms with Crippen LogP contribution in [0.3, 0.4) is 0 Å². The minimum absolute atomic E-state index is 0.00898. The maximum absolute atomic E-state index is 10.7. The second-order valence-electron chi connectivity index (χ2n) is 4.11. The van der Waals surface area contributed by atoms with E-state index in [2.05, 4.69) is 19.9 Å². The van der Waals surface area contributed by atoms with Crippen LogP contribution in [0.1, 0.15) is 33.0 Å². The molecule has 0 spiro atoms. The molecule has 0 unspecified atom stereocenters. The highest BCUT2D eigenvalue weighted by molar-refractivity contribution is 5.84. The van der Waals surface area contributed by atoms with Gasteiger partial charge in [0.1, 0.15) is 5.76 Å². The average molecular weight is 230 g/mol. The molecule has 1 aromatic heterocycles. The topological polar surface area (TPSA) is 50.4 Å². The molecule has 0 aliphatic heterocycles. The van der Waals surface area contributed by atoms with Crippen LogP contribution in [0.15, 0.2) is 34.7 Å². The summed E-state index contributed by atoms with van der Waals surface area (Å²) in [6.07, 6.45) is 0.626. The van der Waals surface area contributed by atoms with Crippen LogP contribution in [0.2, 0.25) is 0 Å². The van der Waals surface area contributed by atoms with Crippen LogP contribution in [0, 0.1) is 13.8 Å². The third-order valence-electron chi connectivity index (χ3n) is 2.95. The van der Waals surface area contributed by atoms with E-state index in [0.717, 1.165) is 5.56 Å². The lowest BCUT2D eigenvalue weighted by Gasteiger charge is -2.06. The second kappa shape index (κ2) is 4.45. The van der Waals surface area contributed by atoms with Gasteiger partial charge in [0.25, 0.3) is 0 Å². The number of hydrogen-bond acceptors (Lipinski definition) is 2. The molecule has 0 fully saturated rings. The van der Waals surface area contributed by atoms with Crippen molar-refractivity contribution in [3.05, 3.63) is 58.5 Å². The van der Waals surface area contributed by atoms with E-state index >= 15 is 0 Å². The fraction of sp³-hybridized carbons (Fsp3) is 0.214. The molecule has 0 saturated heterocycles. The van der Waals surface area contributed by atoms with Crippen molar-refractivity contribution in [2.75, 3.05) is 0 Å². The van der Waals surface area contributed by atoms with Gasteiger partial charge in [0.15, 0.2) is 0 Å². The monoisotopic (exact) mass is 230 g/mol. The highest BCUT2D eigenvalue weighted by Gasteiger charge is 2.10. The number of carboxylic acids is 1. The number of furan rings is 1. The fourth-order valence-corrected chi connectivity index (χ4v) is 1.78. The van der Waals surface area contributed by atoms with Gasteiger partial charge in [-0.3, -0.25) is 0 Å². The molecule has 0 atom stereocenters. The van der Waals surface area contributed by atoms with Crippen molar-refractivity contribution in [2.45, 2.75) is 20.3 Å². The van der Waals surface area contributed by atoms with Crippen molar-refractivity contribution in [3.8, 4) is 0 Å². The predicted octanol–water partition coefficient (Wildman–Crippen LogP) is 3.19. The first-order valence-corrected chi connectivity index (χ1v) is 5.45. The molecule has 17 heavy (non-hydrogen) atoms. The second-order valence-corrected chi connectivity index (χ2v) is 4.11. The van der Waals surface area contributed by atoms with Crippen molar-refractivity contribution in [2.24, 2.45) is 0 Å². The summed E-state index contributed by atoms with van der Waals surface area (Å²) in [6, 6.07) is 9.29. The molecule has 0 amide bonds. The smallest absolute Gasteiger partial charge is 0.371 e. The van der Waals surface area contributed by atoms with Crippen LogP contribution < -0.4 is 0 Å². The third-order valence-corrected chi connectivity index (χ3v) is 2.95. The van der Waals surface area contributed by atoms with E-state index < -0.39 is 5.97 Å². The Labute approximate surface area is 99.7 Å². The van der Waals surface area contributed by atoms with Gasteiger partial charge in [0.2, 0.25) is 5.76 Å². The summed E-state index contributed by atoms with van der Waals surface area (Å²) >= 11 is 0. The number of carbonyl (C=O) groups is 1. The van der Waals surface area contributed by atoms with Crippen molar-refractivity contribution < 1.29 is 14.3 Å². The van der Waals surface area contributed by atoms with Crippen LogP contribution in [0.4, 0.5) is 0 Å². The molecule has 3 nitrogen and oxygen atoms in total. The maximum atomic E-state index is 10.7. The zero-order valence-electron chi connectivity index (χ0n) is 9.86. The lowest BCUT2D eigenvalue weighted by molar-refractivity contribution is 0.0660. The predicted molar refractivity (Wildman–Crippen MR) is 64.4 cm³/mol. The molecular formula is C14H14O3. The minimum Gasteiger partial charge on any atom is -0.475 e. The molecule has 1 aromatic carbocycles. The van der Waals surface area contributed by atoms with E-state index in [1.54, 1.807) is 6.07 Å². The number of aryl methyl sites for hydroxylation is 1. The van der Waals surface area contributed by atoms with Gasteiger partial charge in [-0.05, 0) is 42.7 Å². The van der Waals surface area contributed by atoms with Crippen LogP contribution in [-0.4, -0.2) is 11.1 Å². The van der Waals surface area contributed by atoms with Gasteiger partial charge in [0.05, 0.1) is 0 Å². The Morgan fingerprint density at radius 3 is 2.65 bits per heavy atom. The fourth-order valence-electron chi connectivity index (χ4n) is 1.78. The van der Waals surface area contributed by atoms with Gasteiger partial charge in [-0.25, -0.2) is 4.79 Å². The van der Waals surface area contributed by atoms with Crippen molar-refractivity contribution in [3.63, 3.8) is 0 Å². The van der Waals surface area contributed by atoms with Gasteiger partial charge in [-0.1, -0.05) is 18.2 Å². The summed E-state index contributed by atoms with van der Waals surface area (Å²) in [5.74, 6) is -0.362. The molecule has 0 aliphatic rings. The molecule has 0 saturated carbocycles. The molecule has 0 aliphatic carbocycles. The Morgan fingerprint density at radius 2 is 2.00 bits per heavy atom. The van der Waals surface area contributed by atoms with Gasteiger partial charge in [-0.15, -0.1) is 0 Å². The van der Waals surface area contributed by atoms with E-state index in [0.29, 0.717) is 12.2 Å². The molecular weight excluding hydrogens is 216 g/mol. The number of aromatic carboxylic acids is 1. The van der Waals surface area contributed by atoms with Gasteiger partial charge in [-0.2, -0.15) is 0 Å². The third kappa shape index (κ3) is 2.38. The number of carboxylic acid groups (broad SMARTS) is 1. The largest absolute Gasteiger partial charge is 0.475 e. The summed E-state index contributed by atoms with van der Waals surface area (Å²) in [6.45, 7) is 4.12. The summed E-state index contributed by atoms with van der Waals surface area (Å²) in [7, 11) is 0. The molecule has 2 aromatic rings. The van der Waals surface area contributed by atoms with Crippen molar-refractivity contribution in [1.82, 2.24) is 0 Å². The highest BCUT2D eigenvalue weighted by atomic mass is 16.4. The highest BCUT2D eigenvalue weighted by Crippen LogP contribution is 2.18. The van der Waals surface area contributed by atoms with E-state index in [1.807, 2.05) is 12.1 Å². The standard InChI is InChI=1S/C14H14O3/c1-9-4-3-5-11(10(9)2)8-12-6-7-13(17-12)14(15)16/h3-7H,8H2,1-2H3,(H,15,16). The molecule has 0 radical (unpaired) electrons. The Hall–Kier alpha value is -2.03. The number of rotatable bonds is 3. The zero-order chi connectivity index (χ0) is 12.4. The van der Waals surface area contributed by atoms with Gasteiger partial charge >= 0.3 is 5.97 Å². The van der Waals surface area contributed by atoms with E-state index in [9.17, 15) is 4.79 Å². The van der Waals surface area contributed by atoms with Crippen LogP contribution in [0.25, 0.3) is 0 Å². The summed E-state index contributed by atoms with van der Waals surface area (Å²) in [5, 5.41) is 8.77. The molecule has 0 bridgehead atoms. The first-order chi connectivity index (χ1) is 8.08. The van der Waals surface area contributed by atoms with Gasteiger partial charge in [0, 0.05) is 6.42 Å². The van der Waals surface area contributed by atoms with Gasteiger partial charge < -0.3 is 9.52 Å². The molecule has 2 rings (SSSR count). The quantitative estimate of drug-likeness (QED) is 0.880. The molecule has 3 heteroatoms. The molecule has 88 valence electrons.